The number of carbonyl (C=O) groups excluding carboxylic acids is 1. The van der Waals surface area contributed by atoms with Crippen LogP contribution in [-0.4, -0.2) is 5.97 Å². The van der Waals surface area contributed by atoms with Gasteiger partial charge < -0.3 is 4.74 Å². The van der Waals surface area contributed by atoms with Crippen LogP contribution in [0.1, 0.15) is 30.9 Å². The first-order chi connectivity index (χ1) is 8.65. The number of ether oxygens (including phenoxy) is 1. The maximum atomic E-state index is 11.6. The smallest absolute Gasteiger partial charge is 0.336 e. The van der Waals surface area contributed by atoms with Gasteiger partial charge in [-0.15, -0.1) is 0 Å². The molecule has 0 bridgehead atoms. The molecule has 0 radical (unpaired) electrons. The second-order valence-corrected chi connectivity index (χ2v) is 4.22. The largest absolute Gasteiger partial charge is 0.423 e. The average molecular weight is 244 g/mol. The van der Waals surface area contributed by atoms with Crippen LogP contribution in [0.2, 0.25) is 0 Å². The minimum Gasteiger partial charge on any atom is -0.423 e. The van der Waals surface area contributed by atoms with Gasteiger partial charge in [-0.05, 0) is 31.4 Å². The van der Waals surface area contributed by atoms with Gasteiger partial charge in [-0.25, -0.2) is 4.79 Å². The lowest BCUT2D eigenvalue weighted by molar-refractivity contribution is -0.129. The standard InChI is InChI=1S/C16H20O2/c1-4-5-6-7-8-12-15(17)18-16-13(2)10-9-11-14(16)3/h6-12H,4-5H2,1-3H3/b7-6+,12-8+. The molecule has 0 unspecified atom stereocenters. The van der Waals surface area contributed by atoms with Crippen LogP contribution in [0.25, 0.3) is 0 Å². The monoisotopic (exact) mass is 244 g/mol. The fourth-order valence-corrected chi connectivity index (χ4v) is 1.57. The Balaban J connectivity index is 2.60. The summed E-state index contributed by atoms with van der Waals surface area (Å²) < 4.78 is 5.32. The van der Waals surface area contributed by atoms with Crippen LogP contribution in [0.3, 0.4) is 0 Å². The molecule has 0 heterocycles. The van der Waals surface area contributed by atoms with Crippen molar-refractivity contribution in [3.05, 3.63) is 53.6 Å². The Morgan fingerprint density at radius 2 is 1.89 bits per heavy atom. The first-order valence-corrected chi connectivity index (χ1v) is 6.26. The Labute approximate surface area is 109 Å². The van der Waals surface area contributed by atoms with Crippen molar-refractivity contribution in [2.45, 2.75) is 33.6 Å². The van der Waals surface area contributed by atoms with Crippen molar-refractivity contribution in [3.63, 3.8) is 0 Å². The third kappa shape index (κ3) is 4.58. The van der Waals surface area contributed by atoms with Crippen molar-refractivity contribution >= 4 is 5.97 Å². The lowest BCUT2D eigenvalue weighted by Gasteiger charge is -2.07. The maximum Gasteiger partial charge on any atom is 0.336 e. The van der Waals surface area contributed by atoms with Gasteiger partial charge in [0.2, 0.25) is 0 Å². The maximum absolute atomic E-state index is 11.6. The highest BCUT2D eigenvalue weighted by Crippen LogP contribution is 2.22. The Morgan fingerprint density at radius 1 is 1.22 bits per heavy atom. The Kier molecular flexibility index (Phi) is 5.92. The van der Waals surface area contributed by atoms with Crippen LogP contribution in [-0.2, 0) is 4.79 Å². The Bertz CT molecular complexity index is 436. The molecule has 1 aromatic rings. The number of unbranched alkanes of at least 4 members (excludes halogenated alkanes) is 1. The summed E-state index contributed by atoms with van der Waals surface area (Å²) in [4.78, 5) is 11.6. The molecule has 96 valence electrons. The quantitative estimate of drug-likeness (QED) is 0.337. The van der Waals surface area contributed by atoms with Gasteiger partial charge in [-0.2, -0.15) is 0 Å². The minimum atomic E-state index is -0.339. The molecule has 0 saturated heterocycles. The predicted molar refractivity (Wildman–Crippen MR) is 74.7 cm³/mol. The van der Waals surface area contributed by atoms with Gasteiger partial charge in [-0.3, -0.25) is 0 Å². The van der Waals surface area contributed by atoms with Gasteiger partial charge in [-0.1, -0.05) is 49.8 Å². The number of para-hydroxylation sites is 1. The van der Waals surface area contributed by atoms with Crippen molar-refractivity contribution in [2.75, 3.05) is 0 Å². The number of hydrogen-bond acceptors (Lipinski definition) is 2. The molecule has 1 rings (SSSR count). The third-order valence-electron chi connectivity index (χ3n) is 2.55. The zero-order valence-electron chi connectivity index (χ0n) is 11.3. The summed E-state index contributed by atoms with van der Waals surface area (Å²) in [6, 6.07) is 5.81. The first-order valence-electron chi connectivity index (χ1n) is 6.26. The molecule has 0 aliphatic rings. The van der Waals surface area contributed by atoms with Crippen molar-refractivity contribution < 1.29 is 9.53 Å². The number of aryl methyl sites for hydroxylation is 2. The molecule has 0 aliphatic heterocycles. The lowest BCUT2D eigenvalue weighted by atomic mass is 10.1. The van der Waals surface area contributed by atoms with Gasteiger partial charge in [0, 0.05) is 6.08 Å². The van der Waals surface area contributed by atoms with Gasteiger partial charge in [0.1, 0.15) is 5.75 Å². The number of carbonyl (C=O) groups is 1. The molecule has 0 spiro atoms. The Hall–Kier alpha value is -1.83. The molecule has 0 aromatic heterocycles. The second-order valence-electron chi connectivity index (χ2n) is 4.22. The number of allylic oxidation sites excluding steroid dienone is 3. The van der Waals surface area contributed by atoms with Gasteiger partial charge in [0.05, 0.1) is 0 Å². The highest BCUT2D eigenvalue weighted by atomic mass is 16.5. The molecule has 0 N–H and O–H groups in total. The summed E-state index contributed by atoms with van der Waals surface area (Å²) in [7, 11) is 0. The van der Waals surface area contributed by atoms with Crippen LogP contribution in [0.4, 0.5) is 0 Å². The zero-order chi connectivity index (χ0) is 13.4. The van der Waals surface area contributed by atoms with Crippen molar-refractivity contribution in [3.8, 4) is 5.75 Å². The number of hydrogen-bond donors (Lipinski definition) is 0. The molecule has 18 heavy (non-hydrogen) atoms. The SMILES string of the molecule is CCC/C=C/C=C/C(=O)Oc1c(C)cccc1C. The fraction of sp³-hybridized carbons (Fsp3) is 0.312. The van der Waals surface area contributed by atoms with Gasteiger partial charge in [0.15, 0.2) is 0 Å². The van der Waals surface area contributed by atoms with E-state index in [1.807, 2.05) is 44.2 Å². The van der Waals surface area contributed by atoms with E-state index in [1.54, 1.807) is 6.08 Å². The van der Waals surface area contributed by atoms with Crippen LogP contribution >= 0.6 is 0 Å². The first kappa shape index (κ1) is 14.2. The summed E-state index contributed by atoms with van der Waals surface area (Å²) in [5.41, 5.74) is 1.94. The molecule has 0 fully saturated rings. The number of benzene rings is 1. The Morgan fingerprint density at radius 3 is 2.50 bits per heavy atom. The molecular formula is C16H20O2. The van der Waals surface area contributed by atoms with E-state index in [-0.39, 0.29) is 5.97 Å². The van der Waals surface area contributed by atoms with Crippen LogP contribution in [0, 0.1) is 13.8 Å². The molecule has 0 aliphatic carbocycles. The summed E-state index contributed by atoms with van der Waals surface area (Å²) in [5, 5.41) is 0. The van der Waals surface area contributed by atoms with Gasteiger partial charge in [0.25, 0.3) is 0 Å². The highest BCUT2D eigenvalue weighted by molar-refractivity contribution is 5.84. The normalized spacial score (nSPS) is 11.3. The van der Waals surface area contributed by atoms with Crippen LogP contribution in [0.5, 0.6) is 5.75 Å². The van der Waals surface area contributed by atoms with E-state index in [9.17, 15) is 4.79 Å². The summed E-state index contributed by atoms with van der Waals surface area (Å²) in [6.45, 7) is 5.98. The molecule has 2 nitrogen and oxygen atoms in total. The van der Waals surface area contributed by atoms with Crippen LogP contribution < -0.4 is 4.74 Å². The van der Waals surface area contributed by atoms with E-state index in [0.717, 1.165) is 24.0 Å². The summed E-state index contributed by atoms with van der Waals surface area (Å²) in [5.74, 6) is 0.318. The van der Waals surface area contributed by atoms with Crippen molar-refractivity contribution in [1.82, 2.24) is 0 Å². The number of rotatable bonds is 5. The van der Waals surface area contributed by atoms with E-state index in [0.29, 0.717) is 5.75 Å². The third-order valence-corrected chi connectivity index (χ3v) is 2.55. The predicted octanol–water partition coefficient (Wildman–Crippen LogP) is 4.12. The molecular weight excluding hydrogens is 224 g/mol. The average Bonchev–Trinajstić information content (AvgIpc) is 2.34. The topological polar surface area (TPSA) is 26.3 Å². The summed E-state index contributed by atoms with van der Waals surface area (Å²) >= 11 is 0. The van der Waals surface area contributed by atoms with E-state index in [2.05, 4.69) is 6.92 Å². The highest BCUT2D eigenvalue weighted by Gasteiger charge is 2.06. The molecule has 0 atom stereocenters. The van der Waals surface area contributed by atoms with Crippen molar-refractivity contribution in [1.29, 1.82) is 0 Å². The van der Waals surface area contributed by atoms with E-state index in [4.69, 9.17) is 4.74 Å². The molecule has 0 amide bonds. The van der Waals surface area contributed by atoms with Gasteiger partial charge >= 0.3 is 5.97 Å². The molecule has 1 aromatic carbocycles. The van der Waals surface area contributed by atoms with Crippen molar-refractivity contribution in [2.24, 2.45) is 0 Å². The second kappa shape index (κ2) is 7.49. The van der Waals surface area contributed by atoms with E-state index < -0.39 is 0 Å². The number of esters is 1. The lowest BCUT2D eigenvalue weighted by Crippen LogP contribution is -2.06. The fourth-order valence-electron chi connectivity index (χ4n) is 1.57. The molecule has 2 heteroatoms. The zero-order valence-corrected chi connectivity index (χ0v) is 11.3. The minimum absolute atomic E-state index is 0.339. The van der Waals surface area contributed by atoms with E-state index in [1.165, 1.54) is 6.08 Å². The summed E-state index contributed by atoms with van der Waals surface area (Å²) in [6.07, 6.45) is 9.19. The molecule has 0 saturated carbocycles. The van der Waals surface area contributed by atoms with Crippen LogP contribution in [0.15, 0.2) is 42.5 Å². The van der Waals surface area contributed by atoms with E-state index >= 15 is 0 Å².